The van der Waals surface area contributed by atoms with E-state index in [9.17, 15) is 18.0 Å². The summed E-state index contributed by atoms with van der Waals surface area (Å²) in [6.07, 6.45) is 4.23. The number of rotatable bonds is 7. The molecule has 0 radical (unpaired) electrons. The molecule has 170 valence electrons. The maximum Gasteiger partial charge on any atom is 0.251 e. The van der Waals surface area contributed by atoms with E-state index in [2.05, 4.69) is 5.32 Å². The molecular formula is C24H29N3O4S. The molecule has 4 rings (SSSR count). The number of nitrogens with zero attached hydrogens (tertiary/aromatic N) is 2. The second-order valence-corrected chi connectivity index (χ2v) is 10.2. The first-order valence-corrected chi connectivity index (χ1v) is 12.7. The lowest BCUT2D eigenvalue weighted by atomic mass is 10.0. The van der Waals surface area contributed by atoms with Gasteiger partial charge in [0.05, 0.1) is 4.90 Å². The second kappa shape index (κ2) is 9.83. The van der Waals surface area contributed by atoms with E-state index in [4.69, 9.17) is 0 Å². The van der Waals surface area contributed by atoms with Gasteiger partial charge in [0.25, 0.3) is 5.91 Å². The third kappa shape index (κ3) is 4.86. The third-order valence-electron chi connectivity index (χ3n) is 6.06. The van der Waals surface area contributed by atoms with Crippen molar-refractivity contribution in [2.24, 2.45) is 0 Å². The minimum Gasteiger partial charge on any atom is -0.352 e. The summed E-state index contributed by atoms with van der Waals surface area (Å²) in [5.41, 5.74) is 2.31. The topological polar surface area (TPSA) is 86.8 Å². The van der Waals surface area contributed by atoms with Crippen LogP contribution >= 0.6 is 0 Å². The molecule has 2 aromatic carbocycles. The number of amides is 2. The van der Waals surface area contributed by atoms with Crippen LogP contribution in [0, 0.1) is 0 Å². The molecule has 32 heavy (non-hydrogen) atoms. The Bertz CT molecular complexity index is 1080. The van der Waals surface area contributed by atoms with Crippen LogP contribution in [-0.4, -0.2) is 50.7 Å². The minimum absolute atomic E-state index is 0.00457. The predicted molar refractivity (Wildman–Crippen MR) is 123 cm³/mol. The van der Waals surface area contributed by atoms with E-state index in [0.717, 1.165) is 36.9 Å². The summed E-state index contributed by atoms with van der Waals surface area (Å²) >= 11 is 0. The molecule has 2 aliphatic heterocycles. The van der Waals surface area contributed by atoms with Gasteiger partial charge >= 0.3 is 0 Å². The van der Waals surface area contributed by atoms with Crippen LogP contribution in [-0.2, 0) is 21.2 Å². The van der Waals surface area contributed by atoms with Crippen LogP contribution in [0.15, 0.2) is 53.4 Å². The van der Waals surface area contributed by atoms with Gasteiger partial charge in [0, 0.05) is 43.9 Å². The van der Waals surface area contributed by atoms with Crippen LogP contribution in [0.5, 0.6) is 0 Å². The van der Waals surface area contributed by atoms with Gasteiger partial charge in [-0.2, -0.15) is 4.31 Å². The number of carbonyl (C=O) groups is 2. The van der Waals surface area contributed by atoms with Crippen molar-refractivity contribution in [3.8, 4) is 0 Å². The fourth-order valence-corrected chi connectivity index (χ4v) is 5.91. The standard InChI is InChI=1S/C24H29N3O4S/c28-23(11-6-14-25-24(29)19-8-2-1-3-9-19)27-17-7-10-20-18-21(12-13-22(20)27)32(30,31)26-15-4-5-16-26/h1-3,8-9,12-13,18H,4-7,10-11,14-17H2,(H,25,29). The Kier molecular flexibility index (Phi) is 6.91. The van der Waals surface area contributed by atoms with Crippen molar-refractivity contribution in [2.75, 3.05) is 31.1 Å². The van der Waals surface area contributed by atoms with E-state index in [1.165, 1.54) is 0 Å². The van der Waals surface area contributed by atoms with Gasteiger partial charge in [0.1, 0.15) is 0 Å². The summed E-state index contributed by atoms with van der Waals surface area (Å²) in [6.45, 7) is 2.20. The minimum atomic E-state index is -3.47. The Morgan fingerprint density at radius 2 is 1.69 bits per heavy atom. The molecule has 0 spiro atoms. The van der Waals surface area contributed by atoms with E-state index in [1.54, 1.807) is 39.5 Å². The number of nitrogens with one attached hydrogen (secondary N) is 1. The smallest absolute Gasteiger partial charge is 0.251 e. The Morgan fingerprint density at radius 3 is 2.44 bits per heavy atom. The molecule has 1 fully saturated rings. The number of anilines is 1. The van der Waals surface area contributed by atoms with Crippen LogP contribution in [0.25, 0.3) is 0 Å². The summed E-state index contributed by atoms with van der Waals surface area (Å²) in [5.74, 6) is -0.150. The lowest BCUT2D eigenvalue weighted by molar-refractivity contribution is -0.118. The zero-order chi connectivity index (χ0) is 22.6. The van der Waals surface area contributed by atoms with Crippen LogP contribution < -0.4 is 10.2 Å². The molecule has 1 N–H and O–H groups in total. The Labute approximate surface area is 189 Å². The SMILES string of the molecule is O=C(NCCCC(=O)N1CCCc2cc(S(=O)(=O)N3CCCC3)ccc21)c1ccccc1. The molecule has 0 unspecified atom stereocenters. The zero-order valence-electron chi connectivity index (χ0n) is 18.1. The fraction of sp³-hybridized carbons (Fsp3) is 0.417. The summed E-state index contributed by atoms with van der Waals surface area (Å²) in [6, 6.07) is 14.1. The van der Waals surface area contributed by atoms with E-state index >= 15 is 0 Å². The summed E-state index contributed by atoms with van der Waals surface area (Å²) in [5, 5.41) is 2.85. The number of carbonyl (C=O) groups excluding carboxylic acids is 2. The van der Waals surface area contributed by atoms with E-state index in [-0.39, 0.29) is 11.8 Å². The molecular weight excluding hydrogens is 426 g/mol. The van der Waals surface area contributed by atoms with Crippen LogP contribution in [0.4, 0.5) is 5.69 Å². The number of aryl methyl sites for hydroxylation is 1. The fourth-order valence-electron chi connectivity index (χ4n) is 4.34. The van der Waals surface area contributed by atoms with Gasteiger partial charge in [-0.1, -0.05) is 18.2 Å². The highest BCUT2D eigenvalue weighted by Crippen LogP contribution is 2.31. The Balaban J connectivity index is 1.36. The molecule has 0 aliphatic carbocycles. The molecule has 2 aliphatic rings. The molecule has 2 heterocycles. The molecule has 0 bridgehead atoms. The number of hydrogen-bond donors (Lipinski definition) is 1. The molecule has 2 amide bonds. The van der Waals surface area contributed by atoms with E-state index in [0.29, 0.717) is 49.5 Å². The number of hydrogen-bond acceptors (Lipinski definition) is 4. The Hall–Kier alpha value is -2.71. The number of benzene rings is 2. The zero-order valence-corrected chi connectivity index (χ0v) is 18.9. The average Bonchev–Trinajstić information content (AvgIpc) is 3.37. The van der Waals surface area contributed by atoms with Crippen molar-refractivity contribution in [1.82, 2.24) is 9.62 Å². The van der Waals surface area contributed by atoms with Crippen LogP contribution in [0.1, 0.15) is 48.0 Å². The first-order chi connectivity index (χ1) is 15.5. The average molecular weight is 456 g/mol. The molecule has 1 saturated heterocycles. The number of sulfonamides is 1. The molecule has 0 atom stereocenters. The second-order valence-electron chi connectivity index (χ2n) is 8.28. The van der Waals surface area contributed by atoms with Gasteiger partial charge < -0.3 is 10.2 Å². The molecule has 2 aromatic rings. The highest BCUT2D eigenvalue weighted by molar-refractivity contribution is 7.89. The maximum absolute atomic E-state index is 12.9. The highest BCUT2D eigenvalue weighted by Gasteiger charge is 2.29. The lowest BCUT2D eigenvalue weighted by Gasteiger charge is -2.30. The van der Waals surface area contributed by atoms with Gasteiger partial charge in [-0.25, -0.2) is 8.42 Å². The first kappa shape index (κ1) is 22.5. The van der Waals surface area contributed by atoms with E-state index < -0.39 is 10.0 Å². The summed E-state index contributed by atoms with van der Waals surface area (Å²) in [4.78, 5) is 27.0. The summed E-state index contributed by atoms with van der Waals surface area (Å²) < 4.78 is 27.3. The lowest BCUT2D eigenvalue weighted by Crippen LogP contribution is -2.36. The van der Waals surface area contributed by atoms with Gasteiger partial charge in [-0.05, 0) is 68.0 Å². The summed E-state index contributed by atoms with van der Waals surface area (Å²) in [7, 11) is -3.47. The largest absolute Gasteiger partial charge is 0.352 e. The highest BCUT2D eigenvalue weighted by atomic mass is 32.2. The van der Waals surface area contributed by atoms with Gasteiger partial charge in [-0.15, -0.1) is 0 Å². The van der Waals surface area contributed by atoms with E-state index in [1.807, 2.05) is 18.2 Å². The van der Waals surface area contributed by atoms with Crippen molar-refractivity contribution in [3.63, 3.8) is 0 Å². The van der Waals surface area contributed by atoms with Gasteiger partial charge in [-0.3, -0.25) is 9.59 Å². The van der Waals surface area contributed by atoms with Crippen molar-refractivity contribution >= 4 is 27.5 Å². The molecule has 8 heteroatoms. The first-order valence-electron chi connectivity index (χ1n) is 11.2. The maximum atomic E-state index is 12.9. The molecule has 0 aromatic heterocycles. The van der Waals surface area contributed by atoms with Gasteiger partial charge in [0.15, 0.2) is 0 Å². The molecule has 0 saturated carbocycles. The van der Waals surface area contributed by atoms with Crippen molar-refractivity contribution in [3.05, 3.63) is 59.7 Å². The molecule has 7 nitrogen and oxygen atoms in total. The number of fused-ring (bicyclic) bond motifs is 1. The third-order valence-corrected chi connectivity index (χ3v) is 7.96. The quantitative estimate of drug-likeness (QED) is 0.651. The van der Waals surface area contributed by atoms with Crippen molar-refractivity contribution in [2.45, 2.75) is 43.4 Å². The van der Waals surface area contributed by atoms with Crippen molar-refractivity contribution in [1.29, 1.82) is 0 Å². The van der Waals surface area contributed by atoms with Gasteiger partial charge in [0.2, 0.25) is 15.9 Å². The predicted octanol–water partition coefficient (Wildman–Crippen LogP) is 2.96. The Morgan fingerprint density at radius 1 is 0.938 bits per heavy atom. The monoisotopic (exact) mass is 455 g/mol. The van der Waals surface area contributed by atoms with Crippen molar-refractivity contribution < 1.29 is 18.0 Å². The van der Waals surface area contributed by atoms with Crippen LogP contribution in [0.2, 0.25) is 0 Å². The normalized spacial score (nSPS) is 16.6. The van der Waals surface area contributed by atoms with Crippen LogP contribution in [0.3, 0.4) is 0 Å².